The average molecular weight is 353 g/mol. The minimum Gasteiger partial charge on any atom is -0.341 e. The predicted molar refractivity (Wildman–Crippen MR) is 89.0 cm³/mol. The van der Waals surface area contributed by atoms with E-state index < -0.39 is 9.84 Å². The van der Waals surface area contributed by atoms with Crippen LogP contribution in [0.25, 0.3) is 0 Å². The molecule has 8 heteroatoms. The summed E-state index contributed by atoms with van der Waals surface area (Å²) >= 11 is 1.22. The Morgan fingerprint density at radius 3 is 2.78 bits per heavy atom. The largest absolute Gasteiger partial charge is 0.341 e. The fraction of sp³-hybridized carbons (Fsp3) is 0.533. The number of aromatic nitrogens is 1. The molecule has 1 aliphatic rings. The number of thioether (sulfide) groups is 1. The number of hydrogen-bond donors (Lipinski definition) is 0. The van der Waals surface area contributed by atoms with E-state index in [0.29, 0.717) is 17.0 Å². The van der Waals surface area contributed by atoms with E-state index in [1.54, 1.807) is 7.05 Å². The van der Waals surface area contributed by atoms with Crippen molar-refractivity contribution in [2.24, 2.45) is 0 Å². The Bertz CT molecular complexity index is 769. The summed E-state index contributed by atoms with van der Waals surface area (Å²) in [4.78, 5) is 18.1. The van der Waals surface area contributed by atoms with E-state index >= 15 is 0 Å². The Morgan fingerprint density at radius 1 is 1.52 bits per heavy atom. The number of carbonyl (C=O) groups is 1. The number of aryl methyl sites for hydroxylation is 2. The number of sulfone groups is 1. The van der Waals surface area contributed by atoms with Gasteiger partial charge in [0.25, 0.3) is 0 Å². The molecule has 23 heavy (non-hydrogen) atoms. The molecule has 124 valence electrons. The normalized spacial score (nSPS) is 19.3. The number of hydrogen-bond acceptors (Lipinski definition) is 6. The van der Waals surface area contributed by atoms with Crippen LogP contribution < -0.4 is 0 Å². The van der Waals surface area contributed by atoms with E-state index in [1.807, 2.05) is 19.9 Å². The van der Waals surface area contributed by atoms with Gasteiger partial charge in [-0.25, -0.2) is 13.4 Å². The van der Waals surface area contributed by atoms with E-state index in [9.17, 15) is 18.5 Å². The lowest BCUT2D eigenvalue weighted by Crippen LogP contribution is -2.38. The van der Waals surface area contributed by atoms with Crippen molar-refractivity contribution in [2.75, 3.05) is 24.3 Å². The first-order chi connectivity index (χ1) is 10.7. The van der Waals surface area contributed by atoms with E-state index in [1.165, 1.54) is 16.7 Å². The zero-order valence-electron chi connectivity index (χ0n) is 13.4. The first kappa shape index (κ1) is 17.8. The van der Waals surface area contributed by atoms with Crippen LogP contribution in [0.5, 0.6) is 0 Å². The summed E-state index contributed by atoms with van der Waals surface area (Å²) in [5, 5.41) is 9.78. The molecule has 1 aliphatic heterocycles. The van der Waals surface area contributed by atoms with Gasteiger partial charge >= 0.3 is 0 Å². The van der Waals surface area contributed by atoms with Crippen molar-refractivity contribution >= 4 is 27.5 Å². The Hall–Kier alpha value is -1.59. The van der Waals surface area contributed by atoms with Crippen LogP contribution in [0.4, 0.5) is 0 Å². The fourth-order valence-electron chi connectivity index (χ4n) is 2.56. The van der Waals surface area contributed by atoms with Crippen LogP contribution in [0.1, 0.15) is 23.2 Å². The number of rotatable bonds is 4. The lowest BCUT2D eigenvalue weighted by atomic mass is 10.1. The Balaban J connectivity index is 2.04. The van der Waals surface area contributed by atoms with Crippen molar-refractivity contribution in [3.05, 3.63) is 22.9 Å². The molecule has 0 N–H and O–H groups in total. The van der Waals surface area contributed by atoms with Gasteiger partial charge in [0.2, 0.25) is 5.91 Å². The molecule has 0 aromatic carbocycles. The first-order valence-electron chi connectivity index (χ1n) is 7.20. The highest BCUT2D eigenvalue weighted by Crippen LogP contribution is 2.24. The Kier molecular flexibility index (Phi) is 5.32. The molecule has 2 rings (SSSR count). The quantitative estimate of drug-likeness (QED) is 0.758. The molecular formula is C15H19N3O3S2. The van der Waals surface area contributed by atoms with Crippen molar-refractivity contribution in [1.82, 2.24) is 9.88 Å². The van der Waals surface area contributed by atoms with Gasteiger partial charge in [-0.1, -0.05) is 11.8 Å². The SMILES string of the molecule is Cc1cc(C)c(C#N)c(SCC(=O)N(C)[C@@H]2CCS(=O)(=O)C2)n1. The first-order valence-corrected chi connectivity index (χ1v) is 10.0. The van der Waals surface area contributed by atoms with Gasteiger partial charge in [0.15, 0.2) is 9.84 Å². The second kappa shape index (κ2) is 6.89. The maximum absolute atomic E-state index is 12.3. The molecule has 0 radical (unpaired) electrons. The molecule has 1 aromatic heterocycles. The van der Waals surface area contributed by atoms with Gasteiger partial charge in [-0.2, -0.15) is 5.26 Å². The number of carbonyl (C=O) groups excluding carboxylic acids is 1. The predicted octanol–water partition coefficient (Wildman–Crippen LogP) is 1.31. The number of nitrogens with zero attached hydrogens (tertiary/aromatic N) is 3. The summed E-state index contributed by atoms with van der Waals surface area (Å²) in [5.41, 5.74) is 2.12. The van der Waals surface area contributed by atoms with Gasteiger partial charge in [-0.05, 0) is 31.9 Å². The highest BCUT2D eigenvalue weighted by Gasteiger charge is 2.32. The summed E-state index contributed by atoms with van der Waals surface area (Å²) in [6.07, 6.45) is 0.487. The van der Waals surface area contributed by atoms with E-state index in [4.69, 9.17) is 0 Å². The second-order valence-electron chi connectivity index (χ2n) is 5.72. The van der Waals surface area contributed by atoms with Crippen molar-refractivity contribution in [3.8, 4) is 6.07 Å². The third-order valence-corrected chi connectivity index (χ3v) is 6.62. The molecule has 1 saturated heterocycles. The van der Waals surface area contributed by atoms with Crippen LogP contribution in [0.15, 0.2) is 11.1 Å². The molecule has 2 heterocycles. The molecule has 0 unspecified atom stereocenters. The van der Waals surface area contributed by atoms with Crippen molar-refractivity contribution in [3.63, 3.8) is 0 Å². The summed E-state index contributed by atoms with van der Waals surface area (Å²) in [7, 11) is -1.39. The number of nitriles is 1. The third-order valence-electron chi connectivity index (χ3n) is 3.91. The second-order valence-corrected chi connectivity index (χ2v) is 8.92. The summed E-state index contributed by atoms with van der Waals surface area (Å²) in [6, 6.07) is 3.70. The molecule has 0 aliphatic carbocycles. The lowest BCUT2D eigenvalue weighted by molar-refractivity contribution is -0.128. The van der Waals surface area contributed by atoms with Crippen molar-refractivity contribution < 1.29 is 13.2 Å². The molecule has 0 spiro atoms. The average Bonchev–Trinajstić information content (AvgIpc) is 2.83. The maximum Gasteiger partial charge on any atom is 0.233 e. The molecule has 0 bridgehead atoms. The maximum atomic E-state index is 12.3. The molecular weight excluding hydrogens is 334 g/mol. The number of pyridine rings is 1. The zero-order valence-corrected chi connectivity index (χ0v) is 15.0. The molecule has 1 atom stereocenters. The van der Waals surface area contributed by atoms with Gasteiger partial charge < -0.3 is 4.90 Å². The zero-order chi connectivity index (χ0) is 17.2. The van der Waals surface area contributed by atoms with E-state index in [2.05, 4.69) is 11.1 Å². The molecule has 1 aromatic rings. The Morgan fingerprint density at radius 2 is 2.22 bits per heavy atom. The van der Waals surface area contributed by atoms with Gasteiger partial charge in [-0.3, -0.25) is 4.79 Å². The summed E-state index contributed by atoms with van der Waals surface area (Å²) < 4.78 is 23.0. The molecule has 0 saturated carbocycles. The number of amides is 1. The lowest BCUT2D eigenvalue weighted by Gasteiger charge is -2.23. The van der Waals surface area contributed by atoms with E-state index in [-0.39, 0.29) is 29.2 Å². The summed E-state index contributed by atoms with van der Waals surface area (Å²) in [5.74, 6) is 0.157. The van der Waals surface area contributed by atoms with Gasteiger partial charge in [-0.15, -0.1) is 0 Å². The van der Waals surface area contributed by atoms with Gasteiger partial charge in [0.1, 0.15) is 11.1 Å². The fourth-order valence-corrected chi connectivity index (χ4v) is 5.36. The van der Waals surface area contributed by atoms with Crippen LogP contribution in [0.3, 0.4) is 0 Å². The minimum atomic E-state index is -3.02. The molecule has 1 fully saturated rings. The van der Waals surface area contributed by atoms with Crippen molar-refractivity contribution in [2.45, 2.75) is 31.3 Å². The summed E-state index contributed by atoms with van der Waals surface area (Å²) in [6.45, 7) is 3.68. The van der Waals surface area contributed by atoms with Crippen LogP contribution in [-0.4, -0.2) is 54.6 Å². The smallest absolute Gasteiger partial charge is 0.233 e. The minimum absolute atomic E-state index is 0.0329. The Labute approximate surface area is 140 Å². The highest BCUT2D eigenvalue weighted by atomic mass is 32.2. The van der Waals surface area contributed by atoms with Crippen LogP contribution in [-0.2, 0) is 14.6 Å². The highest BCUT2D eigenvalue weighted by molar-refractivity contribution is 8.00. The van der Waals surface area contributed by atoms with Crippen LogP contribution >= 0.6 is 11.8 Å². The van der Waals surface area contributed by atoms with E-state index in [0.717, 1.165) is 11.3 Å². The molecule has 1 amide bonds. The molecule has 6 nitrogen and oxygen atoms in total. The van der Waals surface area contributed by atoms with Crippen molar-refractivity contribution in [1.29, 1.82) is 5.26 Å². The standard InChI is InChI=1S/C15H19N3O3S2/c1-10-6-11(2)17-15(13(10)7-16)22-8-14(19)18(3)12-4-5-23(20,21)9-12/h6,12H,4-5,8-9H2,1-3H3/t12-/m1/s1. The topological polar surface area (TPSA) is 91.1 Å². The third kappa shape index (κ3) is 4.24. The van der Waals surface area contributed by atoms with Gasteiger partial charge in [0.05, 0.1) is 22.8 Å². The van der Waals surface area contributed by atoms with Gasteiger partial charge in [0, 0.05) is 18.8 Å². The van der Waals surface area contributed by atoms with Crippen LogP contribution in [0.2, 0.25) is 0 Å². The van der Waals surface area contributed by atoms with Crippen LogP contribution in [0, 0.1) is 25.2 Å². The monoisotopic (exact) mass is 353 g/mol.